The average molecular weight is 244 g/mol. The van der Waals surface area contributed by atoms with Crippen LogP contribution in [0.2, 0.25) is 5.02 Å². The van der Waals surface area contributed by atoms with Gasteiger partial charge < -0.3 is 10.4 Å². The molecule has 1 atom stereocenters. The zero-order valence-corrected chi connectivity index (χ0v) is 9.22. The molecule has 0 spiro atoms. The van der Waals surface area contributed by atoms with Crippen LogP contribution in [0.5, 0.6) is 0 Å². The van der Waals surface area contributed by atoms with Crippen LogP contribution in [0.3, 0.4) is 0 Å². The number of carboxylic acid groups (broad SMARTS) is 1. The van der Waals surface area contributed by atoms with Crippen molar-refractivity contribution in [2.45, 2.75) is 18.9 Å². The fourth-order valence-electron chi connectivity index (χ4n) is 1.94. The van der Waals surface area contributed by atoms with Gasteiger partial charge in [-0.3, -0.25) is 0 Å². The van der Waals surface area contributed by atoms with Gasteiger partial charge >= 0.3 is 5.97 Å². The lowest BCUT2D eigenvalue weighted by Crippen LogP contribution is -2.15. The fourth-order valence-corrected chi connectivity index (χ4v) is 2.20. The predicted molar refractivity (Wildman–Crippen MR) is 58.3 cm³/mol. The van der Waals surface area contributed by atoms with Gasteiger partial charge in [-0.2, -0.15) is 0 Å². The van der Waals surface area contributed by atoms with Crippen LogP contribution in [-0.2, 0) is 0 Å². The molecule has 1 aromatic rings. The van der Waals surface area contributed by atoms with Gasteiger partial charge in [-0.05, 0) is 31.5 Å². The topological polar surface area (TPSA) is 49.3 Å². The largest absolute Gasteiger partial charge is 0.478 e. The molecule has 1 heterocycles. The molecular formula is C11H11ClFNO2. The molecule has 0 aromatic heterocycles. The first-order valence-electron chi connectivity index (χ1n) is 5.05. The van der Waals surface area contributed by atoms with Crippen molar-refractivity contribution in [1.82, 2.24) is 5.32 Å². The Bertz CT molecular complexity index is 430. The summed E-state index contributed by atoms with van der Waals surface area (Å²) in [5, 5.41) is 12.0. The number of carboxylic acids is 1. The van der Waals surface area contributed by atoms with E-state index in [0.29, 0.717) is 5.56 Å². The third-order valence-electron chi connectivity index (χ3n) is 2.75. The molecule has 0 radical (unpaired) electrons. The minimum atomic E-state index is -1.21. The van der Waals surface area contributed by atoms with Crippen LogP contribution in [0.4, 0.5) is 4.39 Å². The van der Waals surface area contributed by atoms with E-state index < -0.39 is 11.8 Å². The van der Waals surface area contributed by atoms with Gasteiger partial charge in [0.05, 0.1) is 10.6 Å². The highest BCUT2D eigenvalue weighted by Gasteiger charge is 2.22. The average Bonchev–Trinajstić information content (AvgIpc) is 2.73. The van der Waals surface area contributed by atoms with Crippen molar-refractivity contribution in [2.24, 2.45) is 0 Å². The summed E-state index contributed by atoms with van der Waals surface area (Å²) in [5.41, 5.74) is 0.258. The Labute approximate surface area is 97.2 Å². The van der Waals surface area contributed by atoms with E-state index in [0.717, 1.165) is 25.5 Å². The van der Waals surface area contributed by atoms with Crippen LogP contribution >= 0.6 is 11.6 Å². The summed E-state index contributed by atoms with van der Waals surface area (Å²) in [6.07, 6.45) is 1.84. The van der Waals surface area contributed by atoms with Crippen molar-refractivity contribution < 1.29 is 14.3 Å². The van der Waals surface area contributed by atoms with Gasteiger partial charge in [0.1, 0.15) is 5.82 Å². The fraction of sp³-hybridized carbons (Fsp3) is 0.364. The standard InChI is InChI=1S/C11H11ClFNO2/c12-8-4-7(10-2-1-3-14-10)9(13)5-6(8)11(15)16/h4-5,10,14H,1-3H2,(H,15,16)/t10-/m1/s1. The molecule has 1 aromatic carbocycles. The van der Waals surface area contributed by atoms with Crippen molar-refractivity contribution in [1.29, 1.82) is 0 Å². The number of nitrogens with one attached hydrogen (secondary N) is 1. The smallest absolute Gasteiger partial charge is 0.337 e. The van der Waals surface area contributed by atoms with Gasteiger partial charge in [-0.25, -0.2) is 9.18 Å². The van der Waals surface area contributed by atoms with E-state index in [9.17, 15) is 9.18 Å². The van der Waals surface area contributed by atoms with Crippen molar-refractivity contribution >= 4 is 17.6 Å². The van der Waals surface area contributed by atoms with Gasteiger partial charge in [0.15, 0.2) is 0 Å². The third-order valence-corrected chi connectivity index (χ3v) is 3.07. The van der Waals surface area contributed by atoms with Crippen molar-refractivity contribution in [3.05, 3.63) is 34.1 Å². The molecule has 0 bridgehead atoms. The van der Waals surface area contributed by atoms with E-state index in [2.05, 4.69) is 5.32 Å². The summed E-state index contributed by atoms with van der Waals surface area (Å²) in [4.78, 5) is 10.7. The van der Waals surface area contributed by atoms with Crippen LogP contribution < -0.4 is 5.32 Å². The van der Waals surface area contributed by atoms with Crippen LogP contribution in [-0.4, -0.2) is 17.6 Å². The van der Waals surface area contributed by atoms with Gasteiger partial charge in [0.25, 0.3) is 0 Å². The Balaban J connectivity index is 2.40. The van der Waals surface area contributed by atoms with Crippen molar-refractivity contribution in [2.75, 3.05) is 6.54 Å². The molecule has 3 nitrogen and oxygen atoms in total. The molecule has 2 rings (SSSR count). The first-order valence-corrected chi connectivity index (χ1v) is 5.43. The minimum Gasteiger partial charge on any atom is -0.478 e. The van der Waals surface area contributed by atoms with Crippen LogP contribution in [0.1, 0.15) is 34.8 Å². The van der Waals surface area contributed by atoms with E-state index in [1.165, 1.54) is 6.07 Å². The van der Waals surface area contributed by atoms with E-state index in [1.807, 2.05) is 0 Å². The summed E-state index contributed by atoms with van der Waals surface area (Å²) < 4.78 is 13.7. The molecule has 0 aliphatic carbocycles. The molecule has 1 aliphatic heterocycles. The predicted octanol–water partition coefficient (Wildman–Crippen LogP) is 2.60. The molecule has 0 saturated carbocycles. The maximum absolute atomic E-state index is 13.7. The number of aromatic carboxylic acids is 1. The lowest BCUT2D eigenvalue weighted by molar-refractivity contribution is 0.0696. The van der Waals surface area contributed by atoms with Crippen LogP contribution in [0.15, 0.2) is 12.1 Å². The Morgan fingerprint density at radius 3 is 2.88 bits per heavy atom. The molecule has 1 fully saturated rings. The van der Waals surface area contributed by atoms with Crippen molar-refractivity contribution in [3.63, 3.8) is 0 Å². The highest BCUT2D eigenvalue weighted by atomic mass is 35.5. The van der Waals surface area contributed by atoms with E-state index >= 15 is 0 Å². The molecular weight excluding hydrogens is 233 g/mol. The number of benzene rings is 1. The second-order valence-electron chi connectivity index (χ2n) is 3.81. The number of halogens is 2. The Morgan fingerprint density at radius 1 is 1.56 bits per heavy atom. The maximum Gasteiger partial charge on any atom is 0.337 e. The number of hydrogen-bond donors (Lipinski definition) is 2. The van der Waals surface area contributed by atoms with E-state index in [1.54, 1.807) is 0 Å². The molecule has 16 heavy (non-hydrogen) atoms. The Kier molecular flexibility index (Phi) is 3.12. The van der Waals surface area contributed by atoms with Crippen LogP contribution in [0, 0.1) is 5.82 Å². The normalized spacial score (nSPS) is 20.0. The third kappa shape index (κ3) is 2.03. The Hall–Kier alpha value is -1.13. The number of carbonyl (C=O) groups is 1. The zero-order chi connectivity index (χ0) is 11.7. The minimum absolute atomic E-state index is 0.0552. The second kappa shape index (κ2) is 4.39. The summed E-state index contributed by atoms with van der Waals surface area (Å²) in [6, 6.07) is 2.34. The highest BCUT2D eigenvalue weighted by Crippen LogP contribution is 2.29. The quantitative estimate of drug-likeness (QED) is 0.840. The van der Waals surface area contributed by atoms with Gasteiger partial charge in [0, 0.05) is 11.6 Å². The number of hydrogen-bond acceptors (Lipinski definition) is 2. The van der Waals surface area contributed by atoms with Gasteiger partial charge in [-0.15, -0.1) is 0 Å². The molecule has 86 valence electrons. The maximum atomic E-state index is 13.7. The van der Waals surface area contributed by atoms with Gasteiger partial charge in [0.2, 0.25) is 0 Å². The first-order chi connectivity index (χ1) is 7.59. The van der Waals surface area contributed by atoms with E-state index in [4.69, 9.17) is 16.7 Å². The summed E-state index contributed by atoms with van der Waals surface area (Å²) in [6.45, 7) is 0.850. The molecule has 5 heteroatoms. The monoisotopic (exact) mass is 243 g/mol. The number of rotatable bonds is 2. The molecule has 1 saturated heterocycles. The Morgan fingerprint density at radius 2 is 2.31 bits per heavy atom. The SMILES string of the molecule is O=C(O)c1cc(F)c([C@H]2CCCN2)cc1Cl. The second-order valence-corrected chi connectivity index (χ2v) is 4.21. The lowest BCUT2D eigenvalue weighted by atomic mass is 10.0. The first kappa shape index (κ1) is 11.4. The highest BCUT2D eigenvalue weighted by molar-refractivity contribution is 6.33. The molecule has 2 N–H and O–H groups in total. The molecule has 1 aliphatic rings. The molecule has 0 amide bonds. The van der Waals surface area contributed by atoms with E-state index in [-0.39, 0.29) is 16.6 Å². The molecule has 0 unspecified atom stereocenters. The van der Waals surface area contributed by atoms with Crippen LogP contribution in [0.25, 0.3) is 0 Å². The summed E-state index contributed by atoms with van der Waals surface area (Å²) >= 11 is 5.80. The summed E-state index contributed by atoms with van der Waals surface area (Å²) in [5.74, 6) is -1.73. The van der Waals surface area contributed by atoms with Crippen molar-refractivity contribution in [3.8, 4) is 0 Å². The zero-order valence-electron chi connectivity index (χ0n) is 8.46. The lowest BCUT2D eigenvalue weighted by Gasteiger charge is -2.13. The van der Waals surface area contributed by atoms with Gasteiger partial charge in [-0.1, -0.05) is 11.6 Å². The summed E-state index contributed by atoms with van der Waals surface area (Å²) in [7, 11) is 0.